The van der Waals surface area contributed by atoms with Gasteiger partial charge in [-0.3, -0.25) is 4.40 Å². The van der Waals surface area contributed by atoms with Crippen LogP contribution >= 0.6 is 0 Å². The molecule has 0 fully saturated rings. The fourth-order valence-corrected chi connectivity index (χ4v) is 3.20. The summed E-state index contributed by atoms with van der Waals surface area (Å²) in [4.78, 5) is 13.7. The van der Waals surface area contributed by atoms with Crippen LogP contribution in [0, 0.1) is 19.7 Å². The largest absolute Gasteiger partial charge is 0.494 e. The second kappa shape index (κ2) is 5.94. The molecule has 0 bridgehead atoms. The van der Waals surface area contributed by atoms with E-state index in [2.05, 4.69) is 15.0 Å². The van der Waals surface area contributed by atoms with E-state index in [1.807, 2.05) is 24.3 Å². The zero-order valence-electron chi connectivity index (χ0n) is 14.9. The normalized spacial score (nSPS) is 11.3. The average Bonchev–Trinajstić information content (AvgIpc) is 3.00. The molecular formula is C19H17FN4O2. The van der Waals surface area contributed by atoms with E-state index >= 15 is 0 Å². The number of nitrogens with zero attached hydrogens (tertiary/aromatic N) is 4. The van der Waals surface area contributed by atoms with Crippen molar-refractivity contribution in [2.45, 2.75) is 13.8 Å². The van der Waals surface area contributed by atoms with Crippen molar-refractivity contribution in [1.29, 1.82) is 0 Å². The van der Waals surface area contributed by atoms with Crippen LogP contribution in [0.15, 0.2) is 30.3 Å². The molecule has 0 saturated carbocycles. The summed E-state index contributed by atoms with van der Waals surface area (Å²) >= 11 is 0. The minimum Gasteiger partial charge on any atom is -0.494 e. The lowest BCUT2D eigenvalue weighted by Gasteiger charge is -2.10. The molecule has 0 aliphatic rings. The summed E-state index contributed by atoms with van der Waals surface area (Å²) in [6.45, 7) is 3.77. The molecule has 0 radical (unpaired) electrons. The number of rotatable bonds is 3. The molecule has 1 aromatic carbocycles. The number of halogens is 1. The van der Waals surface area contributed by atoms with Crippen LogP contribution in [0.4, 0.5) is 4.39 Å². The highest BCUT2D eigenvalue weighted by Crippen LogP contribution is 2.32. The maximum Gasteiger partial charge on any atom is 0.215 e. The molecule has 0 amide bonds. The van der Waals surface area contributed by atoms with Crippen molar-refractivity contribution in [3.8, 4) is 23.0 Å². The van der Waals surface area contributed by atoms with Crippen molar-refractivity contribution in [3.05, 3.63) is 47.5 Å². The fourth-order valence-electron chi connectivity index (χ4n) is 3.20. The van der Waals surface area contributed by atoms with Gasteiger partial charge in [-0.1, -0.05) is 6.07 Å². The van der Waals surface area contributed by atoms with E-state index in [0.29, 0.717) is 28.4 Å². The number of hydrogen-bond acceptors (Lipinski definition) is 5. The Morgan fingerprint density at radius 3 is 2.42 bits per heavy atom. The first-order valence-corrected chi connectivity index (χ1v) is 8.08. The first-order valence-electron chi connectivity index (χ1n) is 8.08. The Hall–Kier alpha value is -3.22. The van der Waals surface area contributed by atoms with Gasteiger partial charge in [-0.05, 0) is 32.0 Å². The number of pyridine rings is 1. The van der Waals surface area contributed by atoms with E-state index in [1.165, 1.54) is 7.11 Å². The van der Waals surface area contributed by atoms with Crippen molar-refractivity contribution in [1.82, 2.24) is 19.4 Å². The molecule has 6 nitrogen and oxygen atoms in total. The van der Waals surface area contributed by atoms with Gasteiger partial charge >= 0.3 is 0 Å². The van der Waals surface area contributed by atoms with Gasteiger partial charge in [-0.2, -0.15) is 4.98 Å². The molecule has 0 aliphatic carbocycles. The highest BCUT2D eigenvalue weighted by atomic mass is 19.1. The van der Waals surface area contributed by atoms with Gasteiger partial charge in [-0.25, -0.2) is 14.4 Å². The third kappa shape index (κ3) is 2.28. The molecule has 4 aromatic rings. The molecule has 132 valence electrons. The number of methoxy groups -OCH3 is 2. The number of benzene rings is 1. The first kappa shape index (κ1) is 16.3. The highest BCUT2D eigenvalue weighted by molar-refractivity contribution is 5.81. The number of fused-ring (bicyclic) bond motifs is 3. The average molecular weight is 352 g/mol. The van der Waals surface area contributed by atoms with E-state index in [9.17, 15) is 4.39 Å². The van der Waals surface area contributed by atoms with Gasteiger partial charge in [0.15, 0.2) is 17.2 Å². The molecule has 3 aromatic heterocycles. The predicted octanol–water partition coefficient (Wildman–Crippen LogP) is 3.72. The maximum absolute atomic E-state index is 14.9. The molecule has 4 rings (SSSR count). The smallest absolute Gasteiger partial charge is 0.215 e. The maximum atomic E-state index is 14.9. The van der Waals surface area contributed by atoms with Crippen LogP contribution in [0.5, 0.6) is 11.6 Å². The van der Waals surface area contributed by atoms with Gasteiger partial charge in [0, 0.05) is 6.07 Å². The van der Waals surface area contributed by atoms with E-state index in [0.717, 1.165) is 16.9 Å². The van der Waals surface area contributed by atoms with Crippen molar-refractivity contribution < 1.29 is 13.9 Å². The highest BCUT2D eigenvalue weighted by Gasteiger charge is 2.21. The molecule has 26 heavy (non-hydrogen) atoms. The molecule has 7 heteroatoms. The summed E-state index contributed by atoms with van der Waals surface area (Å²) in [5.74, 6) is 0.600. The van der Waals surface area contributed by atoms with Crippen LogP contribution in [0.2, 0.25) is 0 Å². The molecule has 0 N–H and O–H groups in total. The Kier molecular flexibility index (Phi) is 3.72. The Morgan fingerprint density at radius 2 is 1.69 bits per heavy atom. The lowest BCUT2D eigenvalue weighted by molar-refractivity contribution is 0.387. The second-order valence-corrected chi connectivity index (χ2v) is 5.92. The first-order chi connectivity index (χ1) is 12.5. The molecular weight excluding hydrogens is 335 g/mol. The van der Waals surface area contributed by atoms with Gasteiger partial charge in [0.2, 0.25) is 5.88 Å². The zero-order valence-corrected chi connectivity index (χ0v) is 14.9. The standard InChI is InChI=1S/C19H17FN4O2/c1-10-17-11(2)22-18(12-6-5-7-14(25-3)16(12)20)24(17)19-13(21-10)8-9-15(23-19)26-4/h5-9H,1-4H3. The van der Waals surface area contributed by atoms with E-state index < -0.39 is 5.82 Å². The molecule has 0 spiro atoms. The van der Waals surface area contributed by atoms with Crippen molar-refractivity contribution >= 4 is 16.7 Å². The molecule has 0 aliphatic heterocycles. The lowest BCUT2D eigenvalue weighted by atomic mass is 10.2. The fraction of sp³-hybridized carbons (Fsp3) is 0.211. The minimum atomic E-state index is -0.465. The SMILES string of the molecule is COc1ccc2nc(C)c3c(C)nc(-c4cccc(OC)c4F)n3c2n1. The van der Waals surface area contributed by atoms with Gasteiger partial charge in [0.05, 0.1) is 36.7 Å². The minimum absolute atomic E-state index is 0.164. The molecule has 0 atom stereocenters. The van der Waals surface area contributed by atoms with Gasteiger partial charge in [0.25, 0.3) is 0 Å². The molecule has 3 heterocycles. The van der Waals surface area contributed by atoms with Gasteiger partial charge in [0.1, 0.15) is 11.3 Å². The van der Waals surface area contributed by atoms with Gasteiger partial charge < -0.3 is 9.47 Å². The van der Waals surface area contributed by atoms with Crippen LogP contribution in [0.1, 0.15) is 11.4 Å². The Labute approximate surface area is 149 Å². The third-order valence-corrected chi connectivity index (χ3v) is 4.36. The second-order valence-electron chi connectivity index (χ2n) is 5.92. The van der Waals surface area contributed by atoms with Crippen LogP contribution in [-0.2, 0) is 0 Å². The van der Waals surface area contributed by atoms with E-state index in [1.54, 1.807) is 31.4 Å². The Balaban J connectivity index is 2.17. The number of ether oxygens (including phenoxy) is 2. The lowest BCUT2D eigenvalue weighted by Crippen LogP contribution is -2.02. The monoisotopic (exact) mass is 352 g/mol. The molecule has 0 unspecified atom stereocenters. The van der Waals surface area contributed by atoms with E-state index in [4.69, 9.17) is 9.47 Å². The number of aromatic nitrogens is 4. The summed E-state index contributed by atoms with van der Waals surface area (Å²) in [7, 11) is 2.99. The number of imidazole rings is 1. The zero-order chi connectivity index (χ0) is 18.4. The van der Waals surface area contributed by atoms with Gasteiger partial charge in [-0.15, -0.1) is 0 Å². The quantitative estimate of drug-likeness (QED) is 0.562. The van der Waals surface area contributed by atoms with Crippen LogP contribution in [0.25, 0.3) is 28.1 Å². The van der Waals surface area contributed by atoms with Crippen LogP contribution in [0.3, 0.4) is 0 Å². The topological polar surface area (TPSA) is 61.5 Å². The summed E-state index contributed by atoms with van der Waals surface area (Å²) in [6.07, 6.45) is 0. The van der Waals surface area contributed by atoms with Crippen molar-refractivity contribution in [2.24, 2.45) is 0 Å². The van der Waals surface area contributed by atoms with E-state index in [-0.39, 0.29) is 5.75 Å². The number of aryl methyl sites for hydroxylation is 2. The Bertz CT molecular complexity index is 1150. The summed E-state index contributed by atoms with van der Waals surface area (Å²) in [5.41, 5.74) is 3.92. The van der Waals surface area contributed by atoms with Crippen LogP contribution in [-0.4, -0.2) is 33.6 Å². The van der Waals surface area contributed by atoms with Crippen LogP contribution < -0.4 is 9.47 Å². The predicted molar refractivity (Wildman–Crippen MR) is 96.3 cm³/mol. The number of hydrogen-bond donors (Lipinski definition) is 0. The van der Waals surface area contributed by atoms with Crippen molar-refractivity contribution in [3.63, 3.8) is 0 Å². The summed E-state index contributed by atoms with van der Waals surface area (Å²) < 4.78 is 27.1. The molecule has 0 saturated heterocycles. The third-order valence-electron chi connectivity index (χ3n) is 4.36. The van der Waals surface area contributed by atoms with Crippen molar-refractivity contribution in [2.75, 3.05) is 14.2 Å². The summed E-state index contributed by atoms with van der Waals surface area (Å²) in [5, 5.41) is 0. The Morgan fingerprint density at radius 1 is 0.923 bits per heavy atom. The summed E-state index contributed by atoms with van der Waals surface area (Å²) in [6, 6.07) is 8.56.